The highest BCUT2D eigenvalue weighted by Crippen LogP contribution is 2.43. The van der Waals surface area contributed by atoms with E-state index in [0.29, 0.717) is 12.8 Å². The third kappa shape index (κ3) is 32.7. The zero-order valence-electron chi connectivity index (χ0n) is 67.3. The summed E-state index contributed by atoms with van der Waals surface area (Å²) in [5.74, 6) is -9.03. The Morgan fingerprint density at radius 2 is 0.920 bits per heavy atom. The molecule has 28 atom stereocenters. The average molecular weight is 1630 g/mol. The highest BCUT2D eigenvalue weighted by Gasteiger charge is 2.62. The lowest BCUT2D eigenvalue weighted by atomic mass is 9.86. The number of Topliss-reactive ketones (excluding diaryl/α,β-unsaturated/α-hetero) is 1. The first-order chi connectivity index (χ1) is 54.3. The Morgan fingerprint density at radius 3 is 1.42 bits per heavy atom. The number of carboxylic acid groups (broad SMARTS) is 1. The van der Waals surface area contributed by atoms with Crippen molar-refractivity contribution in [2.45, 2.75) is 424 Å². The molecule has 5 rings (SSSR count). The summed E-state index contributed by atoms with van der Waals surface area (Å²) in [6.07, 6.45) is -8.87. The molecule has 5 aliphatic heterocycles. The normalized spacial score (nSPS) is 33.4. The summed E-state index contributed by atoms with van der Waals surface area (Å²) in [5.41, 5.74) is 0. The molecule has 113 heavy (non-hydrogen) atoms. The lowest BCUT2D eigenvalue weighted by Gasteiger charge is -2.52. The zero-order chi connectivity index (χ0) is 83.0. The molecule has 0 radical (unpaired) electrons. The van der Waals surface area contributed by atoms with E-state index in [1.165, 1.54) is 122 Å². The standard InChI is InChI=1S/C80H144N2O31/c1-5-7-9-11-13-15-17-19-20-21-22-23-24-25-26-28-30-32-34-36-38-40-60(93)82-52(53(90)39-37-35-33-31-29-27-18-16-14-12-10-8-6-2)48-104-76-68(100)66(98)71(58(46-86)107-76)110-78-69(101)74(113-80(79(102)103)42-54(91)61(81-50(4)89)73(112-80)62(94)55(92)43-83)72(59(47-87)108-78)111-75-51(41-49(3)88)70(64(96)57(45-85)105-75)109-77-67(99)65(97)63(95)56(44-84)106-77/h19-20,51-59,61-78,83-87,90-92,94-101H,5-18,21-48H2,1-4H3,(H,81,89)(H,82,93)(H,102,103)/b20-19-/t51-,52+,53-,54+,55-,56-,57-,58-,59-,61-,62-,63+,64+,65+,66-,67-,68-,69-,70-,71-,72+,73?,74-,75+,76-,77+,78+,80+/m1/s1. The summed E-state index contributed by atoms with van der Waals surface area (Å²) in [6, 6.07) is -2.81. The summed E-state index contributed by atoms with van der Waals surface area (Å²) in [5, 5.41) is 195. The Kier molecular flexibility index (Phi) is 48.7. The number of carboxylic acids is 1. The van der Waals surface area contributed by atoms with E-state index in [1.807, 2.05) is 0 Å². The van der Waals surface area contributed by atoms with Crippen LogP contribution in [0.3, 0.4) is 0 Å². The van der Waals surface area contributed by atoms with E-state index in [4.69, 9.17) is 47.4 Å². The van der Waals surface area contributed by atoms with Crippen molar-refractivity contribution >= 4 is 23.6 Å². The van der Waals surface area contributed by atoms with Gasteiger partial charge in [-0.1, -0.05) is 199 Å². The summed E-state index contributed by atoms with van der Waals surface area (Å²) in [7, 11) is 0. The van der Waals surface area contributed by atoms with Gasteiger partial charge in [0.05, 0.1) is 70.0 Å². The Bertz CT molecular complexity index is 2600. The van der Waals surface area contributed by atoms with E-state index in [2.05, 4.69) is 36.6 Å². The molecule has 0 aliphatic carbocycles. The predicted octanol–water partition coefficient (Wildman–Crippen LogP) is 2.39. The molecule has 19 N–H and O–H groups in total. The van der Waals surface area contributed by atoms with Crippen molar-refractivity contribution in [2.75, 3.05) is 39.6 Å². The zero-order valence-corrected chi connectivity index (χ0v) is 67.3. The minimum Gasteiger partial charge on any atom is -0.477 e. The number of carbonyl (C=O) groups excluding carboxylic acids is 3. The highest BCUT2D eigenvalue weighted by molar-refractivity contribution is 5.77. The Morgan fingerprint density at radius 1 is 0.478 bits per heavy atom. The number of amides is 2. The third-order valence-electron chi connectivity index (χ3n) is 22.4. The first-order valence-electron chi connectivity index (χ1n) is 42.3. The summed E-state index contributed by atoms with van der Waals surface area (Å²) in [4.78, 5) is 53.3. The van der Waals surface area contributed by atoms with Crippen LogP contribution in [0.25, 0.3) is 0 Å². The fourth-order valence-corrected chi connectivity index (χ4v) is 15.6. The highest BCUT2D eigenvalue weighted by atomic mass is 16.8. The molecule has 5 saturated heterocycles. The number of hydrogen-bond acceptors (Lipinski definition) is 30. The molecule has 5 heterocycles. The molecule has 0 spiro atoms. The lowest BCUT2D eigenvalue weighted by molar-refractivity contribution is -0.406. The van der Waals surface area contributed by atoms with Gasteiger partial charge in [-0.3, -0.25) is 9.59 Å². The second kappa shape index (κ2) is 54.9. The van der Waals surface area contributed by atoms with Gasteiger partial charge in [-0.15, -0.1) is 0 Å². The van der Waals surface area contributed by atoms with Gasteiger partial charge in [0.1, 0.15) is 110 Å². The van der Waals surface area contributed by atoms with Crippen LogP contribution in [0.15, 0.2) is 12.2 Å². The Balaban J connectivity index is 1.33. The van der Waals surface area contributed by atoms with Gasteiger partial charge in [0.15, 0.2) is 25.2 Å². The number of rotatable bonds is 59. The molecule has 1 unspecified atom stereocenters. The molecule has 5 aliphatic rings. The monoisotopic (exact) mass is 1630 g/mol. The molecular weight excluding hydrogens is 1480 g/mol. The maximum Gasteiger partial charge on any atom is 0.364 e. The van der Waals surface area contributed by atoms with Crippen LogP contribution in [0.4, 0.5) is 0 Å². The average Bonchev–Trinajstić information content (AvgIpc) is 0.767. The number of ether oxygens (including phenoxy) is 10. The van der Waals surface area contributed by atoms with E-state index >= 15 is 0 Å². The topological polar surface area (TPSA) is 529 Å². The number of aliphatic hydroxyl groups is 16. The fourth-order valence-electron chi connectivity index (χ4n) is 15.6. The molecule has 0 aromatic carbocycles. The van der Waals surface area contributed by atoms with Gasteiger partial charge >= 0.3 is 5.97 Å². The summed E-state index contributed by atoms with van der Waals surface area (Å²) >= 11 is 0. The molecule has 0 aromatic rings. The van der Waals surface area contributed by atoms with E-state index in [-0.39, 0.29) is 18.7 Å². The second-order valence-corrected chi connectivity index (χ2v) is 31.7. The van der Waals surface area contributed by atoms with Gasteiger partial charge in [0.2, 0.25) is 11.8 Å². The van der Waals surface area contributed by atoms with Crippen molar-refractivity contribution in [2.24, 2.45) is 5.92 Å². The van der Waals surface area contributed by atoms with E-state index in [1.54, 1.807) is 0 Å². The maximum atomic E-state index is 13.9. The lowest BCUT2D eigenvalue weighted by Crippen LogP contribution is -2.71. The van der Waals surface area contributed by atoms with Crippen LogP contribution in [0.2, 0.25) is 0 Å². The molecule has 0 saturated carbocycles. The van der Waals surface area contributed by atoms with E-state index in [9.17, 15) is 106 Å². The molecule has 33 nitrogen and oxygen atoms in total. The van der Waals surface area contributed by atoms with E-state index in [0.717, 1.165) is 84.5 Å². The van der Waals surface area contributed by atoms with Crippen molar-refractivity contribution in [3.63, 3.8) is 0 Å². The number of allylic oxidation sites excluding steroid dienone is 2. The van der Waals surface area contributed by atoms with Gasteiger partial charge < -0.3 is 150 Å². The summed E-state index contributed by atoms with van der Waals surface area (Å²) in [6.45, 7) is 0.617. The minimum atomic E-state index is -3.36. The van der Waals surface area contributed by atoms with Crippen LogP contribution in [-0.2, 0) is 66.5 Å². The van der Waals surface area contributed by atoms with Gasteiger partial charge in [-0.25, -0.2) is 4.79 Å². The largest absolute Gasteiger partial charge is 0.477 e. The number of aliphatic hydroxyl groups excluding tert-OH is 16. The van der Waals surface area contributed by atoms with Gasteiger partial charge in [0.25, 0.3) is 5.79 Å². The SMILES string of the molecule is CCCCCCCC/C=C\CCCCCCCCCCCCCC(=O)N[C@@H](CO[C@@H]1O[C@H](CO)[C@@H](O[C@@H]2O[C@H](CO)[C@H](O[C@@H]3O[C@H](CO)[C@H](O)[C@H](O[C@@H]4O[C@H](CO)[C@H](O)[C@H](O)[C@H]4O)[C@H]3CC(C)=O)[C@H](O[C@]3(C(=O)O)C[C@H](O)[C@@H](NC(C)=O)C([C@H](O)[C@H](O)CO)O3)[C@H]2O)[C@H](O)[C@H]1O)[C@H](O)CCCCCCCCCCCCCCC. The summed E-state index contributed by atoms with van der Waals surface area (Å²) < 4.78 is 60.6. The first-order valence-corrected chi connectivity index (χ1v) is 42.3. The molecular formula is C80H144N2O31. The van der Waals surface area contributed by atoms with Crippen LogP contribution in [0.1, 0.15) is 259 Å². The smallest absolute Gasteiger partial charge is 0.364 e. The number of nitrogens with one attached hydrogen (secondary N) is 2. The fraction of sp³-hybridized carbons (Fsp3) is 0.925. The van der Waals surface area contributed by atoms with Crippen molar-refractivity contribution in [1.29, 1.82) is 0 Å². The van der Waals surface area contributed by atoms with Crippen molar-refractivity contribution in [1.82, 2.24) is 10.6 Å². The van der Waals surface area contributed by atoms with Crippen LogP contribution in [-0.4, -0.2) is 315 Å². The minimum absolute atomic E-state index is 0.158. The van der Waals surface area contributed by atoms with Crippen molar-refractivity contribution < 1.29 is 153 Å². The van der Waals surface area contributed by atoms with Crippen LogP contribution in [0.5, 0.6) is 0 Å². The maximum absolute atomic E-state index is 13.9. The number of carbonyl (C=O) groups is 4. The van der Waals surface area contributed by atoms with E-state index < -0.39 is 241 Å². The molecule has 0 bridgehead atoms. The van der Waals surface area contributed by atoms with Crippen molar-refractivity contribution in [3.8, 4) is 0 Å². The molecule has 5 fully saturated rings. The van der Waals surface area contributed by atoms with Crippen LogP contribution >= 0.6 is 0 Å². The number of ketones is 1. The molecule has 33 heteroatoms. The van der Waals surface area contributed by atoms with Gasteiger partial charge in [0, 0.05) is 32.1 Å². The Hall–Kier alpha value is -3.22. The van der Waals surface area contributed by atoms with Crippen molar-refractivity contribution in [3.05, 3.63) is 12.2 Å². The third-order valence-corrected chi connectivity index (χ3v) is 22.4. The Labute approximate surface area is 666 Å². The number of aliphatic carboxylic acids is 1. The quantitative estimate of drug-likeness (QED) is 0.0307. The number of hydrogen-bond donors (Lipinski definition) is 19. The van der Waals surface area contributed by atoms with Crippen LogP contribution < -0.4 is 10.6 Å². The molecule has 2 amide bonds. The van der Waals surface area contributed by atoms with Gasteiger partial charge in [-0.05, 0) is 45.4 Å². The first kappa shape index (κ1) is 100. The molecule has 0 aromatic heterocycles. The number of unbranched alkanes of at least 4 members (excludes halogenated alkanes) is 29. The predicted molar refractivity (Wildman–Crippen MR) is 407 cm³/mol. The van der Waals surface area contributed by atoms with Crippen LogP contribution in [0, 0.1) is 5.92 Å². The van der Waals surface area contributed by atoms with Gasteiger partial charge in [-0.2, -0.15) is 0 Å². The second-order valence-electron chi connectivity index (χ2n) is 31.7. The molecule has 660 valence electrons.